The SMILES string of the molecule is CC1(c2ccc(O)cc2)CSc2cc(O)ccc2C1CCCCCCCCCCC(CCCC(F)(F)C(F)(F)F)C(N)=O. The summed E-state index contributed by atoms with van der Waals surface area (Å²) >= 11 is 1.76. The van der Waals surface area contributed by atoms with Crippen LogP contribution in [0.5, 0.6) is 11.5 Å². The van der Waals surface area contributed by atoms with Crippen molar-refractivity contribution in [3.8, 4) is 11.5 Å². The first-order chi connectivity index (χ1) is 20.2. The van der Waals surface area contributed by atoms with Crippen LogP contribution in [0.25, 0.3) is 0 Å². The topological polar surface area (TPSA) is 83.6 Å². The summed E-state index contributed by atoms with van der Waals surface area (Å²) in [5.41, 5.74) is 7.70. The molecule has 0 spiro atoms. The number of phenols is 2. The van der Waals surface area contributed by atoms with E-state index in [1.807, 2.05) is 24.3 Å². The van der Waals surface area contributed by atoms with Gasteiger partial charge in [-0.05, 0) is 67.0 Å². The minimum absolute atomic E-state index is 0.0574. The van der Waals surface area contributed by atoms with Gasteiger partial charge in [0, 0.05) is 28.4 Å². The molecule has 1 aliphatic heterocycles. The average molecular weight is 630 g/mol. The van der Waals surface area contributed by atoms with E-state index in [1.165, 1.54) is 11.1 Å². The molecular formula is C33H44F5NO3S. The second-order valence-corrected chi connectivity index (χ2v) is 13.1. The van der Waals surface area contributed by atoms with E-state index < -0.39 is 36.8 Å². The zero-order valence-corrected chi connectivity index (χ0v) is 25.6. The van der Waals surface area contributed by atoms with Gasteiger partial charge in [-0.2, -0.15) is 22.0 Å². The summed E-state index contributed by atoms with van der Waals surface area (Å²) in [5, 5.41) is 19.8. The van der Waals surface area contributed by atoms with Crippen molar-refractivity contribution in [1.29, 1.82) is 0 Å². The van der Waals surface area contributed by atoms with Gasteiger partial charge in [-0.15, -0.1) is 11.8 Å². The van der Waals surface area contributed by atoms with E-state index in [0.717, 1.165) is 62.0 Å². The molecule has 3 atom stereocenters. The molecule has 0 aromatic heterocycles. The first-order valence-electron chi connectivity index (χ1n) is 15.2. The third-order valence-electron chi connectivity index (χ3n) is 8.85. The molecule has 3 unspecified atom stereocenters. The highest BCUT2D eigenvalue weighted by atomic mass is 32.2. The largest absolute Gasteiger partial charge is 0.508 e. The Morgan fingerprint density at radius 3 is 2.05 bits per heavy atom. The number of primary amides is 1. The zero-order valence-electron chi connectivity index (χ0n) is 24.8. The van der Waals surface area contributed by atoms with Crippen molar-refractivity contribution < 1.29 is 37.0 Å². The number of alkyl halides is 5. The number of unbranched alkanes of at least 4 members (excludes halogenated alkanes) is 7. The fourth-order valence-corrected chi connectivity index (χ4v) is 7.55. The van der Waals surface area contributed by atoms with Crippen molar-refractivity contribution in [2.24, 2.45) is 11.7 Å². The van der Waals surface area contributed by atoms with Gasteiger partial charge in [0.1, 0.15) is 11.5 Å². The lowest BCUT2D eigenvalue weighted by Crippen LogP contribution is -2.36. The third-order valence-corrected chi connectivity index (χ3v) is 10.3. The van der Waals surface area contributed by atoms with E-state index in [1.54, 1.807) is 30.0 Å². The Morgan fingerprint density at radius 2 is 1.44 bits per heavy atom. The molecule has 0 saturated heterocycles. The van der Waals surface area contributed by atoms with E-state index in [9.17, 15) is 37.0 Å². The lowest BCUT2D eigenvalue weighted by molar-refractivity contribution is -0.284. The summed E-state index contributed by atoms with van der Waals surface area (Å²) in [6.45, 7) is 2.29. The van der Waals surface area contributed by atoms with Gasteiger partial charge in [-0.25, -0.2) is 0 Å². The maximum atomic E-state index is 13.1. The minimum Gasteiger partial charge on any atom is -0.508 e. The summed E-state index contributed by atoms with van der Waals surface area (Å²) in [6, 6.07) is 13.1. The Labute approximate surface area is 255 Å². The Balaban J connectivity index is 1.38. The van der Waals surface area contributed by atoms with Crippen molar-refractivity contribution in [2.75, 3.05) is 5.75 Å². The maximum Gasteiger partial charge on any atom is 0.453 e. The van der Waals surface area contributed by atoms with Crippen LogP contribution in [0.1, 0.15) is 107 Å². The van der Waals surface area contributed by atoms with Gasteiger partial charge in [-0.3, -0.25) is 4.79 Å². The first kappa shape index (κ1) is 35.0. The van der Waals surface area contributed by atoms with Crippen LogP contribution in [0.3, 0.4) is 0 Å². The normalized spacial score (nSPS) is 19.6. The Bertz CT molecular complexity index is 1170. The number of benzene rings is 2. The number of amides is 1. The van der Waals surface area contributed by atoms with Crippen molar-refractivity contribution in [1.82, 2.24) is 0 Å². The van der Waals surface area contributed by atoms with E-state index in [2.05, 4.69) is 6.92 Å². The number of phenolic OH excluding ortho intramolecular Hbond substituents is 2. The van der Waals surface area contributed by atoms with Crippen LogP contribution in [0.4, 0.5) is 22.0 Å². The fraction of sp³-hybridized carbons (Fsp3) is 0.606. The summed E-state index contributed by atoms with van der Waals surface area (Å²) in [7, 11) is 0. The van der Waals surface area contributed by atoms with Crippen molar-refractivity contribution >= 4 is 17.7 Å². The van der Waals surface area contributed by atoms with E-state index >= 15 is 0 Å². The molecule has 2 aromatic carbocycles. The van der Waals surface area contributed by atoms with Gasteiger partial charge in [-0.1, -0.05) is 76.5 Å². The number of carbonyl (C=O) groups is 1. The summed E-state index contributed by atoms with van der Waals surface area (Å²) in [6.07, 6.45) is 1.94. The van der Waals surface area contributed by atoms with Crippen molar-refractivity contribution in [2.45, 2.75) is 119 Å². The molecular weight excluding hydrogens is 585 g/mol. The molecule has 0 fully saturated rings. The number of aromatic hydroxyl groups is 2. The predicted octanol–water partition coefficient (Wildman–Crippen LogP) is 9.62. The predicted molar refractivity (Wildman–Crippen MR) is 161 cm³/mol. The molecule has 3 rings (SSSR count). The zero-order chi connectivity index (χ0) is 31.7. The van der Waals surface area contributed by atoms with Crippen molar-refractivity contribution in [3.63, 3.8) is 0 Å². The minimum atomic E-state index is -5.57. The Hall–Kier alpha value is -2.49. The van der Waals surface area contributed by atoms with E-state index in [0.29, 0.717) is 12.8 Å². The monoisotopic (exact) mass is 629 g/mol. The smallest absolute Gasteiger partial charge is 0.453 e. The molecule has 4 nitrogen and oxygen atoms in total. The van der Waals surface area contributed by atoms with E-state index in [4.69, 9.17) is 5.73 Å². The number of nitrogens with two attached hydrogens (primary N) is 1. The molecule has 1 amide bonds. The molecule has 2 aromatic rings. The van der Waals surface area contributed by atoms with Crippen LogP contribution in [0, 0.1) is 5.92 Å². The number of hydrogen-bond donors (Lipinski definition) is 3. The van der Waals surface area contributed by atoms with Gasteiger partial charge in [0.15, 0.2) is 0 Å². The molecule has 0 bridgehead atoms. The fourth-order valence-electron chi connectivity index (χ4n) is 6.15. The molecule has 10 heteroatoms. The third kappa shape index (κ3) is 9.75. The quantitative estimate of drug-likeness (QED) is 0.120. The molecule has 240 valence electrons. The standard InChI is InChI=1S/C33H44F5NO3S/c1-31(24-14-16-25(40)17-15-24)22-43-29-21-26(41)18-19-27(29)28(31)13-9-7-5-3-2-4-6-8-11-23(30(39)42)12-10-20-32(34,35)33(36,37)38/h14-19,21,23,28,40-41H,2-13,20,22H2,1H3,(H2,39,42). The van der Waals surface area contributed by atoms with Crippen LogP contribution in [0.15, 0.2) is 47.4 Å². The van der Waals surface area contributed by atoms with Gasteiger partial charge in [0.25, 0.3) is 0 Å². The molecule has 0 radical (unpaired) electrons. The average Bonchev–Trinajstić information content (AvgIpc) is 2.93. The number of hydrogen-bond acceptors (Lipinski definition) is 4. The van der Waals surface area contributed by atoms with Crippen LogP contribution >= 0.6 is 11.8 Å². The van der Waals surface area contributed by atoms with Crippen LogP contribution in [-0.2, 0) is 10.2 Å². The van der Waals surface area contributed by atoms with Crippen molar-refractivity contribution in [3.05, 3.63) is 53.6 Å². The van der Waals surface area contributed by atoms with Gasteiger partial charge in [0.05, 0.1) is 0 Å². The van der Waals surface area contributed by atoms with E-state index in [-0.39, 0.29) is 29.3 Å². The molecule has 1 aliphatic rings. The van der Waals surface area contributed by atoms with Crippen LogP contribution in [0.2, 0.25) is 0 Å². The Morgan fingerprint density at radius 1 is 0.884 bits per heavy atom. The molecule has 43 heavy (non-hydrogen) atoms. The van der Waals surface area contributed by atoms with Crippen LogP contribution in [-0.4, -0.2) is 34.0 Å². The second-order valence-electron chi connectivity index (χ2n) is 12.1. The second kappa shape index (κ2) is 15.5. The summed E-state index contributed by atoms with van der Waals surface area (Å²) in [4.78, 5) is 12.8. The first-order valence-corrected chi connectivity index (χ1v) is 16.2. The number of thioether (sulfide) groups is 1. The van der Waals surface area contributed by atoms with Crippen LogP contribution < -0.4 is 5.73 Å². The van der Waals surface area contributed by atoms with Gasteiger partial charge in [0.2, 0.25) is 5.91 Å². The number of rotatable bonds is 17. The van der Waals surface area contributed by atoms with Gasteiger partial charge >= 0.3 is 12.1 Å². The lowest BCUT2D eigenvalue weighted by atomic mass is 9.68. The highest BCUT2D eigenvalue weighted by molar-refractivity contribution is 7.99. The lowest BCUT2D eigenvalue weighted by Gasteiger charge is -2.43. The molecule has 4 N–H and O–H groups in total. The number of fused-ring (bicyclic) bond motifs is 1. The maximum absolute atomic E-state index is 13.1. The Kier molecular flexibility index (Phi) is 12.6. The molecule has 0 saturated carbocycles. The molecule has 1 heterocycles. The highest BCUT2D eigenvalue weighted by Gasteiger charge is 2.56. The molecule has 0 aliphatic carbocycles. The number of carbonyl (C=O) groups excluding carboxylic acids is 1. The summed E-state index contributed by atoms with van der Waals surface area (Å²) < 4.78 is 63.2. The van der Waals surface area contributed by atoms with Gasteiger partial charge < -0.3 is 15.9 Å². The highest BCUT2D eigenvalue weighted by Crippen LogP contribution is 2.52. The summed E-state index contributed by atoms with van der Waals surface area (Å²) in [5.74, 6) is -4.38. The number of halogens is 5.